The van der Waals surface area contributed by atoms with E-state index in [2.05, 4.69) is 5.32 Å². The van der Waals surface area contributed by atoms with Crippen molar-refractivity contribution in [2.45, 2.75) is 12.8 Å². The predicted octanol–water partition coefficient (Wildman–Crippen LogP) is 0.875. The summed E-state index contributed by atoms with van der Waals surface area (Å²) in [6.45, 7) is 0.165. The molecule has 0 aliphatic carbocycles. The Hall–Kier alpha value is -1.62. The number of ether oxygens (including phenoxy) is 1. The second kappa shape index (κ2) is 6.85. The molecule has 0 aliphatic rings. The van der Waals surface area contributed by atoms with Crippen LogP contribution in [0.3, 0.4) is 0 Å². The molecule has 0 aromatic heterocycles. The first-order valence-electron chi connectivity index (χ1n) is 5.37. The van der Waals surface area contributed by atoms with Crippen molar-refractivity contribution in [2.75, 3.05) is 20.3 Å². The van der Waals surface area contributed by atoms with E-state index in [0.29, 0.717) is 6.42 Å². The highest BCUT2D eigenvalue weighted by molar-refractivity contribution is 5.76. The maximum atomic E-state index is 13.3. The summed E-state index contributed by atoms with van der Waals surface area (Å²) < 4.78 is 18.1. The van der Waals surface area contributed by atoms with Crippen LogP contribution in [0.5, 0.6) is 5.75 Å². The smallest absolute Gasteiger partial charge is 0.220 e. The number of rotatable bonds is 6. The Balaban J connectivity index is 2.47. The molecule has 4 nitrogen and oxygen atoms in total. The Labute approximate surface area is 99.4 Å². The number of carbonyl (C=O) groups excluding carboxylic acids is 1. The van der Waals surface area contributed by atoms with Crippen LogP contribution >= 0.6 is 0 Å². The van der Waals surface area contributed by atoms with Gasteiger partial charge in [0.1, 0.15) is 0 Å². The summed E-state index contributed by atoms with van der Waals surface area (Å²) in [5.74, 6) is -0.394. The summed E-state index contributed by atoms with van der Waals surface area (Å²) in [6, 6.07) is 4.62. The van der Waals surface area contributed by atoms with E-state index in [4.69, 9.17) is 9.84 Å². The zero-order valence-electron chi connectivity index (χ0n) is 9.70. The summed E-state index contributed by atoms with van der Waals surface area (Å²) in [7, 11) is 1.40. The quantitative estimate of drug-likeness (QED) is 0.777. The Bertz CT molecular complexity index is 382. The fourth-order valence-electron chi connectivity index (χ4n) is 1.41. The topological polar surface area (TPSA) is 58.6 Å². The number of amides is 1. The number of aliphatic hydroxyl groups excluding tert-OH is 1. The fraction of sp³-hybridized carbons (Fsp3) is 0.417. The molecule has 1 amide bonds. The van der Waals surface area contributed by atoms with E-state index in [-0.39, 0.29) is 31.2 Å². The van der Waals surface area contributed by atoms with Crippen molar-refractivity contribution in [3.05, 3.63) is 29.6 Å². The van der Waals surface area contributed by atoms with Crippen LogP contribution in [0.15, 0.2) is 18.2 Å². The van der Waals surface area contributed by atoms with Gasteiger partial charge in [0.05, 0.1) is 13.7 Å². The third kappa shape index (κ3) is 4.40. The highest BCUT2D eigenvalue weighted by atomic mass is 19.1. The Morgan fingerprint density at radius 2 is 2.29 bits per heavy atom. The number of halogens is 1. The van der Waals surface area contributed by atoms with E-state index in [9.17, 15) is 9.18 Å². The average Bonchev–Trinajstić information content (AvgIpc) is 2.34. The molecule has 17 heavy (non-hydrogen) atoms. The minimum atomic E-state index is -0.430. The van der Waals surface area contributed by atoms with Crippen molar-refractivity contribution in [1.29, 1.82) is 0 Å². The van der Waals surface area contributed by atoms with Crippen LogP contribution in [-0.4, -0.2) is 31.3 Å². The maximum absolute atomic E-state index is 13.3. The average molecular weight is 241 g/mol. The fourth-order valence-corrected chi connectivity index (χ4v) is 1.41. The number of aliphatic hydroxyl groups is 1. The van der Waals surface area contributed by atoms with Crippen LogP contribution in [0.1, 0.15) is 12.0 Å². The SMILES string of the molecule is COc1ccc(CCC(=O)NCCO)cc1F. The van der Waals surface area contributed by atoms with Gasteiger partial charge in [-0.2, -0.15) is 0 Å². The normalized spacial score (nSPS) is 10.1. The molecule has 0 saturated carbocycles. The van der Waals surface area contributed by atoms with Crippen molar-refractivity contribution in [1.82, 2.24) is 5.32 Å². The maximum Gasteiger partial charge on any atom is 0.220 e. The number of hydrogen-bond acceptors (Lipinski definition) is 3. The van der Waals surface area contributed by atoms with Crippen LogP contribution in [0, 0.1) is 5.82 Å². The molecule has 1 rings (SSSR count). The van der Waals surface area contributed by atoms with Crippen molar-refractivity contribution in [3.8, 4) is 5.75 Å². The van der Waals surface area contributed by atoms with E-state index in [0.717, 1.165) is 5.56 Å². The van der Waals surface area contributed by atoms with Crippen LogP contribution in [0.2, 0.25) is 0 Å². The largest absolute Gasteiger partial charge is 0.494 e. The number of benzene rings is 1. The summed E-state index contributed by atoms with van der Waals surface area (Å²) >= 11 is 0. The van der Waals surface area contributed by atoms with Crippen LogP contribution in [0.25, 0.3) is 0 Å². The number of carbonyl (C=O) groups is 1. The van der Waals surface area contributed by atoms with Crippen molar-refractivity contribution in [3.63, 3.8) is 0 Å². The zero-order valence-corrected chi connectivity index (χ0v) is 9.70. The molecule has 0 fully saturated rings. The Morgan fingerprint density at radius 1 is 1.53 bits per heavy atom. The van der Waals surface area contributed by atoms with Crippen LogP contribution < -0.4 is 10.1 Å². The summed E-state index contributed by atoms with van der Waals surface area (Å²) in [6.07, 6.45) is 0.726. The first-order chi connectivity index (χ1) is 8.17. The number of hydrogen-bond donors (Lipinski definition) is 2. The van der Waals surface area contributed by atoms with E-state index < -0.39 is 5.82 Å². The molecular weight excluding hydrogens is 225 g/mol. The van der Waals surface area contributed by atoms with Gasteiger partial charge in [0.15, 0.2) is 11.6 Å². The third-order valence-corrected chi connectivity index (χ3v) is 2.29. The minimum Gasteiger partial charge on any atom is -0.494 e. The second-order valence-electron chi connectivity index (χ2n) is 3.54. The van der Waals surface area contributed by atoms with Gasteiger partial charge in [-0.25, -0.2) is 4.39 Å². The van der Waals surface area contributed by atoms with Gasteiger partial charge in [-0.15, -0.1) is 0 Å². The third-order valence-electron chi connectivity index (χ3n) is 2.29. The standard InChI is InChI=1S/C12H16FNO3/c1-17-11-4-2-9(8-10(11)13)3-5-12(16)14-6-7-15/h2,4,8,15H,3,5-7H2,1H3,(H,14,16). The van der Waals surface area contributed by atoms with Gasteiger partial charge in [-0.3, -0.25) is 4.79 Å². The summed E-state index contributed by atoms with van der Waals surface area (Å²) in [5, 5.41) is 11.0. The predicted molar refractivity (Wildman–Crippen MR) is 61.4 cm³/mol. The molecule has 0 unspecified atom stereocenters. The molecule has 0 saturated heterocycles. The first-order valence-corrected chi connectivity index (χ1v) is 5.37. The van der Waals surface area contributed by atoms with Gasteiger partial charge < -0.3 is 15.2 Å². The lowest BCUT2D eigenvalue weighted by molar-refractivity contribution is -0.121. The van der Waals surface area contributed by atoms with Gasteiger partial charge in [-0.1, -0.05) is 6.07 Å². The minimum absolute atomic E-state index is 0.0805. The second-order valence-corrected chi connectivity index (χ2v) is 3.54. The molecule has 2 N–H and O–H groups in total. The van der Waals surface area contributed by atoms with Gasteiger partial charge in [-0.05, 0) is 24.1 Å². The Morgan fingerprint density at radius 3 is 2.88 bits per heavy atom. The Kier molecular flexibility index (Phi) is 5.42. The molecule has 1 aromatic carbocycles. The number of aryl methyl sites for hydroxylation is 1. The monoisotopic (exact) mass is 241 g/mol. The molecule has 0 heterocycles. The molecule has 0 aliphatic heterocycles. The molecule has 0 spiro atoms. The van der Waals surface area contributed by atoms with Crippen LogP contribution in [-0.2, 0) is 11.2 Å². The lowest BCUT2D eigenvalue weighted by Gasteiger charge is -2.05. The molecule has 94 valence electrons. The van der Waals surface area contributed by atoms with Crippen molar-refractivity contribution in [2.24, 2.45) is 0 Å². The molecule has 1 aromatic rings. The summed E-state index contributed by atoms with van der Waals surface area (Å²) in [4.78, 5) is 11.2. The molecule has 0 bridgehead atoms. The summed E-state index contributed by atoms with van der Waals surface area (Å²) in [5.41, 5.74) is 0.738. The number of nitrogens with one attached hydrogen (secondary N) is 1. The van der Waals surface area contributed by atoms with E-state index in [1.807, 2.05) is 0 Å². The van der Waals surface area contributed by atoms with Gasteiger partial charge in [0, 0.05) is 13.0 Å². The highest BCUT2D eigenvalue weighted by Gasteiger charge is 2.05. The lowest BCUT2D eigenvalue weighted by Crippen LogP contribution is -2.26. The number of methoxy groups -OCH3 is 1. The lowest BCUT2D eigenvalue weighted by atomic mass is 10.1. The molecule has 5 heteroatoms. The van der Waals surface area contributed by atoms with Crippen molar-refractivity contribution >= 4 is 5.91 Å². The van der Waals surface area contributed by atoms with E-state index in [1.165, 1.54) is 19.2 Å². The zero-order chi connectivity index (χ0) is 12.7. The van der Waals surface area contributed by atoms with Crippen LogP contribution in [0.4, 0.5) is 4.39 Å². The van der Waals surface area contributed by atoms with Gasteiger partial charge in [0.25, 0.3) is 0 Å². The van der Waals surface area contributed by atoms with E-state index in [1.54, 1.807) is 6.07 Å². The van der Waals surface area contributed by atoms with Crippen molar-refractivity contribution < 1.29 is 19.0 Å². The molecular formula is C12H16FNO3. The highest BCUT2D eigenvalue weighted by Crippen LogP contribution is 2.18. The first kappa shape index (κ1) is 13.4. The van der Waals surface area contributed by atoms with Gasteiger partial charge >= 0.3 is 0 Å². The van der Waals surface area contributed by atoms with E-state index >= 15 is 0 Å². The molecule has 0 atom stereocenters. The van der Waals surface area contributed by atoms with Gasteiger partial charge in [0.2, 0.25) is 5.91 Å². The molecule has 0 radical (unpaired) electrons.